The van der Waals surface area contributed by atoms with E-state index in [0.29, 0.717) is 24.5 Å². The van der Waals surface area contributed by atoms with Gasteiger partial charge in [-0.25, -0.2) is 9.59 Å². The highest BCUT2D eigenvalue weighted by molar-refractivity contribution is 5.90. The maximum Gasteiger partial charge on any atom is 0.412 e. The van der Waals surface area contributed by atoms with Gasteiger partial charge in [0.05, 0.1) is 12.2 Å². The minimum absolute atomic E-state index is 0.306. The average Bonchev–Trinajstić information content (AvgIpc) is 2.71. The van der Waals surface area contributed by atoms with Crippen molar-refractivity contribution in [2.45, 2.75) is 46.0 Å². The van der Waals surface area contributed by atoms with E-state index in [1.54, 1.807) is 37.4 Å². The van der Waals surface area contributed by atoms with Crippen LogP contribution in [0, 0.1) is 0 Å². The van der Waals surface area contributed by atoms with Crippen LogP contribution in [0.2, 0.25) is 0 Å². The molecule has 150 valence electrons. The number of ether oxygens (including phenoxy) is 2. The summed E-state index contributed by atoms with van der Waals surface area (Å²) >= 11 is 0. The normalized spacial score (nSPS) is 10.4. The topological polar surface area (TPSA) is 77.5 Å². The molecule has 0 bridgehead atoms. The molecule has 2 rings (SSSR count). The molecule has 0 aliphatic rings. The van der Waals surface area contributed by atoms with Gasteiger partial charge in [0, 0.05) is 24.5 Å². The molecule has 1 heterocycles. The first-order valence-corrected chi connectivity index (χ1v) is 9.82. The van der Waals surface area contributed by atoms with Gasteiger partial charge in [0.25, 0.3) is 0 Å². The summed E-state index contributed by atoms with van der Waals surface area (Å²) in [4.78, 5) is 27.9. The zero-order valence-corrected chi connectivity index (χ0v) is 16.6. The molecule has 28 heavy (non-hydrogen) atoms. The van der Waals surface area contributed by atoms with Crippen LogP contribution < -0.4 is 10.1 Å². The second kappa shape index (κ2) is 11.7. The van der Waals surface area contributed by atoms with Crippen LogP contribution in [0.15, 0.2) is 42.7 Å². The Bertz CT molecular complexity index is 777. The molecule has 0 spiro atoms. The highest BCUT2D eigenvalue weighted by Crippen LogP contribution is 2.24. The summed E-state index contributed by atoms with van der Waals surface area (Å²) in [7, 11) is 0. The molecule has 0 aliphatic carbocycles. The van der Waals surface area contributed by atoms with E-state index >= 15 is 0 Å². The molecular weight excluding hydrogens is 356 g/mol. The highest BCUT2D eigenvalue weighted by atomic mass is 16.6. The standard InChI is InChI=1S/C22H28N2O4/c1-3-5-6-7-8-12-24-22(26)28-20-11-9-10-17(14-20)18-13-19(16-23-15-18)21(25)27-4-2/h9-11,13-16H,3-8,12H2,1-2H3,(H,24,26). The molecule has 0 saturated carbocycles. The molecular formula is C22H28N2O4. The SMILES string of the molecule is CCCCCCCNC(=O)Oc1cccc(-c2cncc(C(=O)OCC)c2)c1. The van der Waals surface area contributed by atoms with Crippen molar-refractivity contribution in [1.29, 1.82) is 0 Å². The monoisotopic (exact) mass is 384 g/mol. The van der Waals surface area contributed by atoms with Crippen molar-refractivity contribution in [3.63, 3.8) is 0 Å². The van der Waals surface area contributed by atoms with Crippen LogP contribution in [0.3, 0.4) is 0 Å². The molecule has 1 aromatic heterocycles. The Labute approximate surface area is 166 Å². The summed E-state index contributed by atoms with van der Waals surface area (Å²) in [5, 5.41) is 2.77. The van der Waals surface area contributed by atoms with Crippen molar-refractivity contribution in [1.82, 2.24) is 10.3 Å². The van der Waals surface area contributed by atoms with E-state index in [-0.39, 0.29) is 0 Å². The molecule has 1 N–H and O–H groups in total. The van der Waals surface area contributed by atoms with Gasteiger partial charge in [-0.3, -0.25) is 4.98 Å². The predicted molar refractivity (Wildman–Crippen MR) is 108 cm³/mol. The third-order valence-corrected chi connectivity index (χ3v) is 4.18. The minimum Gasteiger partial charge on any atom is -0.462 e. The van der Waals surface area contributed by atoms with Crippen molar-refractivity contribution in [3.05, 3.63) is 48.3 Å². The fourth-order valence-corrected chi connectivity index (χ4v) is 2.73. The molecule has 1 amide bonds. The third-order valence-electron chi connectivity index (χ3n) is 4.18. The van der Waals surface area contributed by atoms with Crippen molar-refractivity contribution in [3.8, 4) is 16.9 Å². The van der Waals surface area contributed by atoms with Gasteiger partial charge in [0.2, 0.25) is 0 Å². The number of rotatable bonds is 10. The predicted octanol–water partition coefficient (Wildman–Crippen LogP) is 4.98. The second-order valence-electron chi connectivity index (χ2n) is 6.44. The first-order valence-electron chi connectivity index (χ1n) is 9.82. The van der Waals surface area contributed by atoms with Crippen molar-refractivity contribution in [2.24, 2.45) is 0 Å². The van der Waals surface area contributed by atoms with E-state index in [1.807, 2.05) is 6.07 Å². The van der Waals surface area contributed by atoms with Crippen LogP contribution in [0.25, 0.3) is 11.1 Å². The van der Waals surface area contributed by atoms with Gasteiger partial charge >= 0.3 is 12.1 Å². The number of carbonyl (C=O) groups excluding carboxylic acids is 2. The number of hydrogen-bond acceptors (Lipinski definition) is 5. The van der Waals surface area contributed by atoms with Gasteiger partial charge in [-0.05, 0) is 37.1 Å². The first-order chi connectivity index (χ1) is 13.6. The average molecular weight is 384 g/mol. The fourth-order valence-electron chi connectivity index (χ4n) is 2.73. The first kappa shape index (κ1) is 21.4. The largest absolute Gasteiger partial charge is 0.462 e. The van der Waals surface area contributed by atoms with Crippen molar-refractivity contribution < 1.29 is 19.1 Å². The molecule has 6 heteroatoms. The summed E-state index contributed by atoms with van der Waals surface area (Å²) < 4.78 is 10.4. The zero-order chi connectivity index (χ0) is 20.2. The number of amides is 1. The molecule has 0 unspecified atom stereocenters. The fraction of sp³-hybridized carbons (Fsp3) is 0.409. The molecule has 1 aromatic carbocycles. The number of aromatic nitrogens is 1. The van der Waals surface area contributed by atoms with Crippen LogP contribution in [0.4, 0.5) is 4.79 Å². The van der Waals surface area contributed by atoms with Crippen LogP contribution in [-0.2, 0) is 4.74 Å². The molecule has 0 radical (unpaired) electrons. The van der Waals surface area contributed by atoms with Crippen LogP contribution in [-0.4, -0.2) is 30.2 Å². The zero-order valence-electron chi connectivity index (χ0n) is 16.6. The van der Waals surface area contributed by atoms with Gasteiger partial charge < -0.3 is 14.8 Å². The third kappa shape index (κ3) is 7.02. The minimum atomic E-state index is -0.467. The van der Waals surface area contributed by atoms with Gasteiger partial charge in [-0.15, -0.1) is 0 Å². The second-order valence-corrected chi connectivity index (χ2v) is 6.44. The van der Waals surface area contributed by atoms with E-state index in [9.17, 15) is 9.59 Å². The quantitative estimate of drug-likeness (QED) is 0.461. The number of nitrogens with one attached hydrogen (secondary N) is 1. The Morgan fingerprint density at radius 3 is 2.61 bits per heavy atom. The molecule has 0 atom stereocenters. The van der Waals surface area contributed by atoms with Crippen LogP contribution in [0.1, 0.15) is 56.3 Å². The number of pyridine rings is 1. The van der Waals surface area contributed by atoms with E-state index in [4.69, 9.17) is 9.47 Å². The van der Waals surface area contributed by atoms with E-state index in [0.717, 1.165) is 24.0 Å². The lowest BCUT2D eigenvalue weighted by molar-refractivity contribution is 0.0526. The van der Waals surface area contributed by atoms with Crippen LogP contribution >= 0.6 is 0 Å². The number of nitrogens with zero attached hydrogens (tertiary/aromatic N) is 1. The Morgan fingerprint density at radius 2 is 1.82 bits per heavy atom. The van der Waals surface area contributed by atoms with E-state index in [1.165, 1.54) is 25.5 Å². The number of benzene rings is 1. The molecule has 0 aliphatic heterocycles. The summed E-state index contributed by atoms with van der Waals surface area (Å²) in [6, 6.07) is 8.82. The smallest absolute Gasteiger partial charge is 0.412 e. The van der Waals surface area contributed by atoms with Gasteiger partial charge in [-0.1, -0.05) is 44.7 Å². The van der Waals surface area contributed by atoms with Gasteiger partial charge in [-0.2, -0.15) is 0 Å². The Balaban J connectivity index is 1.94. The molecule has 0 saturated heterocycles. The number of carbonyl (C=O) groups is 2. The number of hydrogen-bond donors (Lipinski definition) is 1. The molecule has 0 fully saturated rings. The Kier molecular flexibility index (Phi) is 8.98. The van der Waals surface area contributed by atoms with Crippen molar-refractivity contribution >= 4 is 12.1 Å². The van der Waals surface area contributed by atoms with Gasteiger partial charge in [0.15, 0.2) is 0 Å². The summed E-state index contributed by atoms with van der Waals surface area (Å²) in [6.07, 6.45) is 8.32. The maximum absolute atomic E-state index is 12.0. The van der Waals surface area contributed by atoms with E-state index in [2.05, 4.69) is 17.2 Å². The number of unbranched alkanes of at least 4 members (excludes halogenated alkanes) is 4. The lowest BCUT2D eigenvalue weighted by atomic mass is 10.1. The van der Waals surface area contributed by atoms with Gasteiger partial charge in [0.1, 0.15) is 5.75 Å². The lowest BCUT2D eigenvalue weighted by Crippen LogP contribution is -2.27. The Hall–Kier alpha value is -2.89. The summed E-state index contributed by atoms with van der Waals surface area (Å²) in [5.74, 6) is 0.0186. The van der Waals surface area contributed by atoms with Crippen molar-refractivity contribution in [2.75, 3.05) is 13.2 Å². The number of esters is 1. The molecule has 6 nitrogen and oxygen atoms in total. The van der Waals surface area contributed by atoms with E-state index < -0.39 is 12.1 Å². The Morgan fingerprint density at radius 1 is 1.00 bits per heavy atom. The lowest BCUT2D eigenvalue weighted by Gasteiger charge is -2.09. The summed E-state index contributed by atoms with van der Waals surface area (Å²) in [6.45, 7) is 4.84. The maximum atomic E-state index is 12.0. The summed E-state index contributed by atoms with van der Waals surface area (Å²) in [5.41, 5.74) is 1.92. The highest BCUT2D eigenvalue weighted by Gasteiger charge is 2.10. The molecule has 2 aromatic rings. The van der Waals surface area contributed by atoms with Crippen LogP contribution in [0.5, 0.6) is 5.75 Å².